The number of hydrogen-bond donors (Lipinski definition) is 0. The zero-order valence-electron chi connectivity index (χ0n) is 9.05. The third-order valence-electron chi connectivity index (χ3n) is 2.28. The maximum atomic E-state index is 5.02. The standard InChI is InChI=1S/C10H22BrNO/c1-10(4-6-11)5-7-12(2)8-9-13-3/h10H,4-9H2,1-3H3. The van der Waals surface area contributed by atoms with Crippen LogP contribution in [0.3, 0.4) is 0 Å². The topological polar surface area (TPSA) is 12.5 Å². The van der Waals surface area contributed by atoms with Crippen molar-refractivity contribution in [3.05, 3.63) is 0 Å². The molecule has 1 atom stereocenters. The fraction of sp³-hybridized carbons (Fsp3) is 1.00. The minimum absolute atomic E-state index is 0.823. The van der Waals surface area contributed by atoms with Gasteiger partial charge in [-0.2, -0.15) is 0 Å². The number of halogens is 1. The van der Waals surface area contributed by atoms with Crippen LogP contribution in [0.5, 0.6) is 0 Å². The molecule has 13 heavy (non-hydrogen) atoms. The number of hydrogen-bond acceptors (Lipinski definition) is 2. The molecule has 0 saturated heterocycles. The number of likely N-dealkylation sites (N-methyl/N-ethyl adjacent to an activating group) is 1. The average Bonchev–Trinajstić information content (AvgIpc) is 2.12. The molecule has 0 aromatic heterocycles. The quantitative estimate of drug-likeness (QED) is 0.615. The number of methoxy groups -OCH3 is 1. The molecule has 0 heterocycles. The number of alkyl halides is 1. The molecule has 0 aliphatic carbocycles. The van der Waals surface area contributed by atoms with Gasteiger partial charge in [-0.15, -0.1) is 0 Å². The van der Waals surface area contributed by atoms with Gasteiger partial charge in [0.15, 0.2) is 0 Å². The SMILES string of the molecule is COCCN(C)CCC(C)CCBr. The fourth-order valence-corrected chi connectivity index (χ4v) is 1.91. The molecule has 0 aliphatic rings. The Labute approximate surface area is 90.8 Å². The van der Waals surface area contributed by atoms with E-state index >= 15 is 0 Å². The summed E-state index contributed by atoms with van der Waals surface area (Å²) < 4.78 is 5.02. The van der Waals surface area contributed by atoms with Crippen LogP contribution in [0.2, 0.25) is 0 Å². The first-order chi connectivity index (χ1) is 6.20. The Hall–Kier alpha value is 0.400. The van der Waals surface area contributed by atoms with Crippen LogP contribution in [0.25, 0.3) is 0 Å². The first-order valence-electron chi connectivity index (χ1n) is 4.94. The molecule has 0 amide bonds. The van der Waals surface area contributed by atoms with Crippen molar-refractivity contribution in [3.63, 3.8) is 0 Å². The smallest absolute Gasteiger partial charge is 0.0589 e. The minimum atomic E-state index is 0.823. The molecule has 0 radical (unpaired) electrons. The highest BCUT2D eigenvalue weighted by atomic mass is 79.9. The Kier molecular flexibility index (Phi) is 9.25. The van der Waals surface area contributed by atoms with Crippen molar-refractivity contribution < 1.29 is 4.74 Å². The van der Waals surface area contributed by atoms with Crippen LogP contribution in [0.15, 0.2) is 0 Å². The Morgan fingerprint density at radius 2 is 2.00 bits per heavy atom. The van der Waals surface area contributed by atoms with Crippen molar-refractivity contribution in [3.8, 4) is 0 Å². The predicted octanol–water partition coefficient (Wildman–Crippen LogP) is 2.38. The summed E-state index contributed by atoms with van der Waals surface area (Å²) in [5.74, 6) is 0.823. The van der Waals surface area contributed by atoms with Crippen molar-refractivity contribution >= 4 is 15.9 Å². The first kappa shape index (κ1) is 13.4. The van der Waals surface area contributed by atoms with Gasteiger partial charge in [0.05, 0.1) is 6.61 Å². The summed E-state index contributed by atoms with van der Waals surface area (Å²) in [5, 5.41) is 1.12. The summed E-state index contributed by atoms with van der Waals surface area (Å²) >= 11 is 3.47. The molecule has 0 rings (SSSR count). The van der Waals surface area contributed by atoms with Crippen molar-refractivity contribution in [1.82, 2.24) is 4.90 Å². The second kappa shape index (κ2) is 8.97. The predicted molar refractivity (Wildman–Crippen MR) is 61.6 cm³/mol. The van der Waals surface area contributed by atoms with Gasteiger partial charge in [0.25, 0.3) is 0 Å². The highest BCUT2D eigenvalue weighted by Gasteiger charge is 2.03. The van der Waals surface area contributed by atoms with E-state index in [9.17, 15) is 0 Å². The highest BCUT2D eigenvalue weighted by Crippen LogP contribution is 2.09. The summed E-state index contributed by atoms with van der Waals surface area (Å²) in [4.78, 5) is 2.33. The van der Waals surface area contributed by atoms with Gasteiger partial charge >= 0.3 is 0 Å². The minimum Gasteiger partial charge on any atom is -0.383 e. The molecular weight excluding hydrogens is 230 g/mol. The van der Waals surface area contributed by atoms with Gasteiger partial charge in [0.2, 0.25) is 0 Å². The molecule has 0 bridgehead atoms. The van der Waals surface area contributed by atoms with Gasteiger partial charge in [-0.3, -0.25) is 0 Å². The molecule has 0 aliphatic heterocycles. The van der Waals surface area contributed by atoms with Crippen molar-refractivity contribution in [1.29, 1.82) is 0 Å². The summed E-state index contributed by atoms with van der Waals surface area (Å²) in [7, 11) is 3.90. The molecule has 80 valence electrons. The normalized spacial score (nSPS) is 13.6. The zero-order chi connectivity index (χ0) is 10.1. The number of ether oxygens (including phenoxy) is 1. The van der Waals surface area contributed by atoms with Gasteiger partial charge in [0, 0.05) is 19.0 Å². The van der Waals surface area contributed by atoms with Crippen LogP contribution in [0.1, 0.15) is 19.8 Å². The van der Waals surface area contributed by atoms with E-state index < -0.39 is 0 Å². The van der Waals surface area contributed by atoms with E-state index in [4.69, 9.17) is 4.74 Å². The number of rotatable bonds is 8. The van der Waals surface area contributed by atoms with Crippen molar-refractivity contribution in [2.24, 2.45) is 5.92 Å². The second-order valence-corrected chi connectivity index (χ2v) is 4.46. The van der Waals surface area contributed by atoms with E-state index in [1.165, 1.54) is 19.4 Å². The Morgan fingerprint density at radius 3 is 2.54 bits per heavy atom. The maximum Gasteiger partial charge on any atom is 0.0589 e. The van der Waals surface area contributed by atoms with E-state index in [0.717, 1.165) is 24.4 Å². The van der Waals surface area contributed by atoms with E-state index in [0.29, 0.717) is 0 Å². The van der Waals surface area contributed by atoms with Crippen LogP contribution in [-0.4, -0.2) is 44.1 Å². The lowest BCUT2D eigenvalue weighted by Crippen LogP contribution is -2.25. The summed E-state index contributed by atoms with van der Waals surface area (Å²) in [6.07, 6.45) is 2.56. The monoisotopic (exact) mass is 251 g/mol. The fourth-order valence-electron chi connectivity index (χ4n) is 1.13. The highest BCUT2D eigenvalue weighted by molar-refractivity contribution is 9.09. The molecule has 0 aromatic carbocycles. The van der Waals surface area contributed by atoms with E-state index in [2.05, 4.69) is 34.8 Å². The van der Waals surface area contributed by atoms with Gasteiger partial charge in [0.1, 0.15) is 0 Å². The number of nitrogens with zero attached hydrogens (tertiary/aromatic N) is 1. The van der Waals surface area contributed by atoms with E-state index in [1.54, 1.807) is 7.11 Å². The third-order valence-corrected chi connectivity index (χ3v) is 2.74. The molecule has 2 nitrogen and oxygen atoms in total. The molecule has 1 unspecified atom stereocenters. The molecule has 0 spiro atoms. The molecule has 3 heteroatoms. The molecule has 0 N–H and O–H groups in total. The first-order valence-corrected chi connectivity index (χ1v) is 6.06. The Bertz CT molecular complexity index is 111. The Balaban J connectivity index is 3.29. The van der Waals surface area contributed by atoms with Crippen LogP contribution >= 0.6 is 15.9 Å². The summed E-state index contributed by atoms with van der Waals surface area (Å²) in [5.41, 5.74) is 0. The largest absolute Gasteiger partial charge is 0.383 e. The lowest BCUT2D eigenvalue weighted by Gasteiger charge is -2.18. The van der Waals surface area contributed by atoms with Crippen molar-refractivity contribution in [2.45, 2.75) is 19.8 Å². The van der Waals surface area contributed by atoms with Gasteiger partial charge in [-0.25, -0.2) is 0 Å². The average molecular weight is 252 g/mol. The molecular formula is C10H22BrNO. The third kappa shape index (κ3) is 8.72. The van der Waals surface area contributed by atoms with Crippen LogP contribution in [-0.2, 0) is 4.74 Å². The lowest BCUT2D eigenvalue weighted by atomic mass is 10.1. The zero-order valence-corrected chi connectivity index (χ0v) is 10.6. The van der Waals surface area contributed by atoms with Gasteiger partial charge in [-0.1, -0.05) is 22.9 Å². The maximum absolute atomic E-state index is 5.02. The van der Waals surface area contributed by atoms with Crippen LogP contribution < -0.4 is 0 Å². The van der Waals surface area contributed by atoms with Gasteiger partial charge < -0.3 is 9.64 Å². The van der Waals surface area contributed by atoms with Crippen LogP contribution in [0.4, 0.5) is 0 Å². The van der Waals surface area contributed by atoms with Crippen LogP contribution in [0, 0.1) is 5.92 Å². The van der Waals surface area contributed by atoms with E-state index in [1.807, 2.05) is 0 Å². The molecule has 0 aromatic rings. The Morgan fingerprint density at radius 1 is 1.31 bits per heavy atom. The molecule has 0 fully saturated rings. The van der Waals surface area contributed by atoms with Crippen molar-refractivity contribution in [2.75, 3.05) is 39.2 Å². The summed E-state index contributed by atoms with van der Waals surface area (Å²) in [6, 6.07) is 0. The van der Waals surface area contributed by atoms with Gasteiger partial charge in [-0.05, 0) is 32.4 Å². The second-order valence-electron chi connectivity index (χ2n) is 3.67. The lowest BCUT2D eigenvalue weighted by molar-refractivity contribution is 0.158. The molecule has 0 saturated carbocycles. The van der Waals surface area contributed by atoms with E-state index in [-0.39, 0.29) is 0 Å². The summed E-state index contributed by atoms with van der Waals surface area (Å²) in [6.45, 7) is 5.36.